The molecule has 0 bridgehead atoms. The van der Waals surface area contributed by atoms with Crippen LogP contribution in [0, 0.1) is 6.92 Å². The van der Waals surface area contributed by atoms with Crippen LogP contribution in [0.2, 0.25) is 0 Å². The van der Waals surface area contributed by atoms with Crippen LogP contribution in [0.25, 0.3) is 10.9 Å². The molecule has 0 spiro atoms. The Hall–Kier alpha value is -3.63. The number of nitrogens with one attached hydrogen (secondary N) is 3. The molecule has 36 heavy (non-hydrogen) atoms. The molecule has 0 aliphatic heterocycles. The molecule has 184 valence electrons. The number of hydrogen-bond acceptors (Lipinski definition) is 4. The Labute approximate surface area is 224 Å². The summed E-state index contributed by atoms with van der Waals surface area (Å²) >= 11 is 6.84. The number of rotatable bonds is 6. The predicted octanol–water partition coefficient (Wildman–Crippen LogP) is 5.83. The first-order chi connectivity index (χ1) is 17.2. The van der Waals surface area contributed by atoms with Crippen molar-refractivity contribution in [2.24, 2.45) is 0 Å². The molecule has 0 saturated heterocycles. The number of nitrogens with zero attached hydrogens (tertiary/aromatic N) is 1. The van der Waals surface area contributed by atoms with Gasteiger partial charge < -0.3 is 15.4 Å². The van der Waals surface area contributed by atoms with Gasteiger partial charge in [-0.25, -0.2) is 4.68 Å². The lowest BCUT2D eigenvalue weighted by molar-refractivity contribution is -0.133. The van der Waals surface area contributed by atoms with E-state index in [9.17, 15) is 14.4 Å². The van der Waals surface area contributed by atoms with Crippen molar-refractivity contribution in [2.45, 2.75) is 13.8 Å². The monoisotopic (exact) mass is 612 g/mol. The van der Waals surface area contributed by atoms with E-state index in [0.717, 1.165) is 14.5 Å². The van der Waals surface area contributed by atoms with Crippen molar-refractivity contribution in [3.8, 4) is 5.75 Å². The van der Waals surface area contributed by atoms with Gasteiger partial charge in [0.2, 0.25) is 0 Å². The molecule has 0 atom stereocenters. The Bertz CT molecular complexity index is 1470. The van der Waals surface area contributed by atoms with E-state index in [1.54, 1.807) is 48.5 Å². The molecule has 0 aliphatic rings. The van der Waals surface area contributed by atoms with Crippen LogP contribution in [0.15, 0.2) is 75.7 Å². The van der Waals surface area contributed by atoms with Gasteiger partial charge in [0.05, 0.1) is 12.1 Å². The Balaban J connectivity index is 1.58. The molecule has 0 fully saturated rings. The molecule has 4 aromatic rings. The molecule has 4 rings (SSSR count). The number of halogens is 2. The van der Waals surface area contributed by atoms with Crippen molar-refractivity contribution in [1.29, 1.82) is 0 Å². The van der Waals surface area contributed by atoms with Crippen LogP contribution < -0.4 is 20.8 Å². The molecule has 1 heterocycles. The van der Waals surface area contributed by atoms with Crippen LogP contribution in [0.1, 0.15) is 23.0 Å². The molecule has 0 unspecified atom stereocenters. The van der Waals surface area contributed by atoms with Crippen LogP contribution in [-0.2, 0) is 9.59 Å². The maximum Gasteiger partial charge on any atom is 0.328 e. The Morgan fingerprint density at radius 3 is 2.25 bits per heavy atom. The van der Waals surface area contributed by atoms with E-state index >= 15 is 0 Å². The lowest BCUT2D eigenvalue weighted by Gasteiger charge is -2.14. The number of carbonyl (C=O) groups excluding carboxylic acids is 3. The van der Waals surface area contributed by atoms with Crippen LogP contribution in [0.5, 0.6) is 5.75 Å². The van der Waals surface area contributed by atoms with Crippen molar-refractivity contribution in [3.63, 3.8) is 0 Å². The summed E-state index contributed by atoms with van der Waals surface area (Å²) in [5, 5.41) is 6.12. The van der Waals surface area contributed by atoms with Gasteiger partial charge >= 0.3 is 11.8 Å². The lowest BCUT2D eigenvalue weighted by Crippen LogP contribution is -2.36. The number of benzene rings is 3. The Morgan fingerprint density at radius 1 is 0.861 bits per heavy atom. The zero-order valence-corrected chi connectivity index (χ0v) is 22.6. The minimum absolute atomic E-state index is 0.160. The van der Waals surface area contributed by atoms with E-state index in [2.05, 4.69) is 47.9 Å². The topological polar surface area (TPSA) is 101 Å². The summed E-state index contributed by atoms with van der Waals surface area (Å²) in [6, 6.07) is 19.1. The van der Waals surface area contributed by atoms with Crippen LogP contribution in [0.4, 0.5) is 11.4 Å². The third-order valence-corrected chi connectivity index (χ3v) is 6.26. The molecule has 1 aromatic heterocycles. The largest absolute Gasteiger partial charge is 0.494 e. The molecule has 3 amide bonds. The summed E-state index contributed by atoms with van der Waals surface area (Å²) in [5.74, 6) is -1.60. The van der Waals surface area contributed by atoms with Crippen molar-refractivity contribution in [3.05, 3.63) is 86.9 Å². The van der Waals surface area contributed by atoms with Gasteiger partial charge in [-0.05, 0) is 86.1 Å². The highest BCUT2D eigenvalue weighted by atomic mass is 79.9. The van der Waals surface area contributed by atoms with Gasteiger partial charge in [-0.3, -0.25) is 19.8 Å². The number of carbonyl (C=O) groups is 3. The highest BCUT2D eigenvalue weighted by Crippen LogP contribution is 2.25. The summed E-state index contributed by atoms with van der Waals surface area (Å²) in [6.07, 6.45) is 0. The maximum absolute atomic E-state index is 13.2. The van der Waals surface area contributed by atoms with Crippen LogP contribution >= 0.6 is 31.9 Å². The summed E-state index contributed by atoms with van der Waals surface area (Å²) < 4.78 is 8.40. The first-order valence-electron chi connectivity index (χ1n) is 11.0. The number of hydrogen-bond donors (Lipinski definition) is 3. The van der Waals surface area contributed by atoms with E-state index in [1.165, 1.54) is 4.68 Å². The average molecular weight is 614 g/mol. The lowest BCUT2D eigenvalue weighted by atomic mass is 10.2. The molecule has 8 nitrogen and oxygen atoms in total. The van der Waals surface area contributed by atoms with Crippen LogP contribution in [0.3, 0.4) is 0 Å². The van der Waals surface area contributed by atoms with Gasteiger partial charge in [0.15, 0.2) is 0 Å². The predicted molar refractivity (Wildman–Crippen MR) is 147 cm³/mol. The van der Waals surface area contributed by atoms with E-state index in [4.69, 9.17) is 4.74 Å². The highest BCUT2D eigenvalue weighted by molar-refractivity contribution is 9.10. The minimum Gasteiger partial charge on any atom is -0.494 e. The summed E-state index contributed by atoms with van der Waals surface area (Å²) in [4.78, 5) is 38.6. The normalized spacial score (nSPS) is 10.7. The number of ether oxygens (including phenoxy) is 1. The quantitative estimate of drug-likeness (QED) is 0.238. The first-order valence-corrected chi connectivity index (χ1v) is 12.6. The molecule has 3 aromatic carbocycles. The summed E-state index contributed by atoms with van der Waals surface area (Å²) in [5.41, 5.74) is 5.19. The van der Waals surface area contributed by atoms with Crippen molar-refractivity contribution in [1.82, 2.24) is 4.68 Å². The van der Waals surface area contributed by atoms with Crippen LogP contribution in [-0.4, -0.2) is 29.0 Å². The SMILES string of the molecule is CCOc1ccc(NC(=O)C(=O)Nn2c(C(=O)Nc3ccc(Br)cc3C)cc3cc(Br)ccc32)cc1. The minimum atomic E-state index is -0.932. The van der Waals surface area contributed by atoms with Gasteiger partial charge in [0.1, 0.15) is 11.4 Å². The number of aryl methyl sites for hydroxylation is 1. The Morgan fingerprint density at radius 2 is 1.56 bits per heavy atom. The fourth-order valence-electron chi connectivity index (χ4n) is 3.57. The molecule has 0 saturated carbocycles. The summed E-state index contributed by atoms with van der Waals surface area (Å²) in [7, 11) is 0. The Kier molecular flexibility index (Phi) is 7.76. The molecule has 10 heteroatoms. The molecular weight excluding hydrogens is 592 g/mol. The van der Waals surface area contributed by atoms with Crippen molar-refractivity contribution >= 4 is 71.9 Å². The zero-order valence-electron chi connectivity index (χ0n) is 19.4. The standard InChI is InChI=1S/C26H22Br2N4O4/c1-3-36-20-8-6-19(7-9-20)29-25(34)26(35)31-32-22-11-5-18(28)13-16(22)14-23(32)24(33)30-21-10-4-17(27)12-15(21)2/h4-14H,3H2,1-2H3,(H,29,34)(H,30,33)(H,31,35). The smallest absolute Gasteiger partial charge is 0.328 e. The van der Waals surface area contributed by atoms with E-state index < -0.39 is 17.7 Å². The van der Waals surface area contributed by atoms with Gasteiger partial charge in [0, 0.05) is 25.7 Å². The number of fused-ring (bicyclic) bond motifs is 1. The van der Waals surface area contributed by atoms with E-state index in [0.29, 0.717) is 34.6 Å². The molecule has 0 aliphatic carbocycles. The first kappa shape index (κ1) is 25.5. The molecular formula is C26H22Br2N4O4. The van der Waals surface area contributed by atoms with Crippen molar-refractivity contribution in [2.75, 3.05) is 22.7 Å². The number of amides is 3. The second-order valence-electron chi connectivity index (χ2n) is 7.83. The fourth-order valence-corrected chi connectivity index (χ4v) is 4.42. The highest BCUT2D eigenvalue weighted by Gasteiger charge is 2.21. The second-order valence-corrected chi connectivity index (χ2v) is 9.67. The zero-order chi connectivity index (χ0) is 25.8. The van der Waals surface area contributed by atoms with Gasteiger partial charge in [-0.15, -0.1) is 0 Å². The number of aromatic nitrogens is 1. The molecule has 0 radical (unpaired) electrons. The molecule has 3 N–H and O–H groups in total. The number of anilines is 2. The average Bonchev–Trinajstić information content (AvgIpc) is 3.19. The maximum atomic E-state index is 13.2. The second kappa shape index (κ2) is 11.0. The van der Waals surface area contributed by atoms with Crippen molar-refractivity contribution < 1.29 is 19.1 Å². The fraction of sp³-hybridized carbons (Fsp3) is 0.115. The third-order valence-electron chi connectivity index (χ3n) is 5.28. The third kappa shape index (κ3) is 5.77. The van der Waals surface area contributed by atoms with Gasteiger partial charge in [-0.1, -0.05) is 31.9 Å². The van der Waals surface area contributed by atoms with Gasteiger partial charge in [-0.2, -0.15) is 0 Å². The van der Waals surface area contributed by atoms with E-state index in [-0.39, 0.29) is 5.69 Å². The van der Waals surface area contributed by atoms with E-state index in [1.807, 2.05) is 32.0 Å². The van der Waals surface area contributed by atoms with Gasteiger partial charge in [0.25, 0.3) is 5.91 Å². The summed E-state index contributed by atoms with van der Waals surface area (Å²) in [6.45, 7) is 4.27.